The van der Waals surface area contributed by atoms with Crippen LogP contribution in [0.2, 0.25) is 0 Å². The van der Waals surface area contributed by atoms with Gasteiger partial charge in [-0.25, -0.2) is 0 Å². The molecule has 2 nitrogen and oxygen atoms in total. The third kappa shape index (κ3) is 4.88. The van der Waals surface area contributed by atoms with Crippen LogP contribution in [0, 0.1) is 6.92 Å². The Hall–Kier alpha value is -0.930. The van der Waals surface area contributed by atoms with Crippen LogP contribution in [0.5, 0.6) is 0 Å². The van der Waals surface area contributed by atoms with E-state index < -0.39 is 0 Å². The van der Waals surface area contributed by atoms with Crippen molar-refractivity contribution in [1.29, 1.82) is 0 Å². The molecule has 0 bridgehead atoms. The van der Waals surface area contributed by atoms with Gasteiger partial charge in [0.1, 0.15) is 5.76 Å². The summed E-state index contributed by atoms with van der Waals surface area (Å²) in [5.41, 5.74) is 1.31. The Morgan fingerprint density at radius 1 is 1.30 bits per heavy atom. The number of hydrogen-bond donors (Lipinski definition) is 1. The number of hydrogen-bond acceptors (Lipinski definition) is 3. The van der Waals surface area contributed by atoms with Gasteiger partial charge >= 0.3 is 0 Å². The van der Waals surface area contributed by atoms with Crippen molar-refractivity contribution in [2.45, 2.75) is 44.0 Å². The first kappa shape index (κ1) is 15.5. The van der Waals surface area contributed by atoms with E-state index in [1.165, 1.54) is 10.5 Å². The second-order valence-corrected chi connectivity index (χ2v) is 6.32. The summed E-state index contributed by atoms with van der Waals surface area (Å²) >= 11 is 1.90. The number of ether oxygens (including phenoxy) is 1. The SMILES string of the molecule is CCCNC(CSc1ccc(C)cc1)C1=CCCCO1. The van der Waals surface area contributed by atoms with Gasteiger partial charge < -0.3 is 10.1 Å². The summed E-state index contributed by atoms with van der Waals surface area (Å²) < 4.78 is 5.83. The molecule has 0 radical (unpaired) electrons. The summed E-state index contributed by atoms with van der Waals surface area (Å²) in [6.07, 6.45) is 5.70. The topological polar surface area (TPSA) is 21.3 Å². The van der Waals surface area contributed by atoms with E-state index in [9.17, 15) is 0 Å². The summed E-state index contributed by atoms with van der Waals surface area (Å²) in [7, 11) is 0. The van der Waals surface area contributed by atoms with Crippen LogP contribution in [-0.4, -0.2) is 24.9 Å². The van der Waals surface area contributed by atoms with E-state index in [-0.39, 0.29) is 0 Å². The Balaban J connectivity index is 1.92. The van der Waals surface area contributed by atoms with Crippen molar-refractivity contribution >= 4 is 11.8 Å². The van der Waals surface area contributed by atoms with Gasteiger partial charge in [-0.3, -0.25) is 0 Å². The van der Waals surface area contributed by atoms with Crippen LogP contribution in [0.1, 0.15) is 31.7 Å². The Kier molecular flexibility index (Phi) is 6.48. The van der Waals surface area contributed by atoms with Gasteiger partial charge in [0, 0.05) is 10.6 Å². The van der Waals surface area contributed by atoms with Gasteiger partial charge in [0.05, 0.1) is 12.6 Å². The Bertz CT molecular complexity index is 427. The van der Waals surface area contributed by atoms with Crippen molar-refractivity contribution in [2.24, 2.45) is 0 Å². The van der Waals surface area contributed by atoms with Crippen molar-refractivity contribution in [2.75, 3.05) is 18.9 Å². The first-order chi connectivity index (χ1) is 9.79. The number of rotatable bonds is 7. The van der Waals surface area contributed by atoms with E-state index in [1.807, 2.05) is 11.8 Å². The fourth-order valence-corrected chi connectivity index (χ4v) is 3.16. The lowest BCUT2D eigenvalue weighted by Gasteiger charge is -2.24. The first-order valence-corrected chi connectivity index (χ1v) is 8.54. The highest BCUT2D eigenvalue weighted by molar-refractivity contribution is 7.99. The normalized spacial score (nSPS) is 16.4. The van der Waals surface area contributed by atoms with E-state index in [4.69, 9.17) is 4.74 Å². The van der Waals surface area contributed by atoms with Gasteiger partial charge in [0.25, 0.3) is 0 Å². The Morgan fingerprint density at radius 3 is 2.75 bits per heavy atom. The van der Waals surface area contributed by atoms with Crippen molar-refractivity contribution in [3.63, 3.8) is 0 Å². The lowest BCUT2D eigenvalue weighted by Crippen LogP contribution is -2.35. The van der Waals surface area contributed by atoms with Crippen molar-refractivity contribution < 1.29 is 4.74 Å². The van der Waals surface area contributed by atoms with E-state index in [1.54, 1.807) is 0 Å². The quantitative estimate of drug-likeness (QED) is 0.763. The van der Waals surface area contributed by atoms with Crippen LogP contribution in [0.25, 0.3) is 0 Å². The lowest BCUT2D eigenvalue weighted by atomic mass is 10.1. The summed E-state index contributed by atoms with van der Waals surface area (Å²) in [5.74, 6) is 2.17. The molecule has 1 N–H and O–H groups in total. The van der Waals surface area contributed by atoms with Crippen molar-refractivity contribution in [3.8, 4) is 0 Å². The molecule has 0 aliphatic carbocycles. The van der Waals surface area contributed by atoms with Crippen LogP contribution in [-0.2, 0) is 4.74 Å². The zero-order valence-corrected chi connectivity index (χ0v) is 13.3. The van der Waals surface area contributed by atoms with Crippen molar-refractivity contribution in [3.05, 3.63) is 41.7 Å². The van der Waals surface area contributed by atoms with Gasteiger partial charge in [-0.05, 0) is 50.9 Å². The largest absolute Gasteiger partial charge is 0.497 e. The van der Waals surface area contributed by atoms with E-state index in [0.717, 1.165) is 43.9 Å². The van der Waals surface area contributed by atoms with Crippen LogP contribution in [0.3, 0.4) is 0 Å². The minimum absolute atomic E-state index is 0.335. The number of nitrogens with one attached hydrogen (secondary N) is 1. The molecule has 1 aromatic rings. The third-order valence-corrected chi connectivity index (χ3v) is 4.49. The smallest absolute Gasteiger partial charge is 0.110 e. The van der Waals surface area contributed by atoms with E-state index >= 15 is 0 Å². The third-order valence-electron chi connectivity index (χ3n) is 3.38. The predicted molar refractivity (Wildman–Crippen MR) is 87.3 cm³/mol. The molecule has 0 aromatic heterocycles. The molecule has 1 unspecified atom stereocenters. The molecule has 1 aromatic carbocycles. The molecule has 20 heavy (non-hydrogen) atoms. The minimum atomic E-state index is 0.335. The lowest BCUT2D eigenvalue weighted by molar-refractivity contribution is 0.172. The summed E-state index contributed by atoms with van der Waals surface area (Å²) in [4.78, 5) is 1.33. The number of thioether (sulfide) groups is 1. The summed E-state index contributed by atoms with van der Waals surface area (Å²) in [6, 6.07) is 9.09. The van der Waals surface area contributed by atoms with Gasteiger partial charge in [-0.1, -0.05) is 24.6 Å². The monoisotopic (exact) mass is 291 g/mol. The number of allylic oxidation sites excluding steroid dienone is 1. The average Bonchev–Trinajstić information content (AvgIpc) is 2.50. The second-order valence-electron chi connectivity index (χ2n) is 5.23. The average molecular weight is 291 g/mol. The molecule has 0 amide bonds. The number of benzene rings is 1. The molecule has 0 spiro atoms. The molecular formula is C17H25NOS. The molecule has 0 saturated carbocycles. The van der Waals surface area contributed by atoms with Crippen LogP contribution in [0.15, 0.2) is 41.0 Å². The molecule has 2 rings (SSSR count). The van der Waals surface area contributed by atoms with Crippen LogP contribution >= 0.6 is 11.8 Å². The van der Waals surface area contributed by atoms with Crippen molar-refractivity contribution in [1.82, 2.24) is 5.32 Å². The maximum atomic E-state index is 5.83. The predicted octanol–water partition coefficient (Wildman–Crippen LogP) is 4.15. The second kappa shape index (κ2) is 8.38. The summed E-state index contributed by atoms with van der Waals surface area (Å²) in [5, 5.41) is 3.61. The fraction of sp³-hybridized carbons (Fsp3) is 0.529. The zero-order chi connectivity index (χ0) is 14.2. The molecule has 110 valence electrons. The van der Waals surface area contributed by atoms with Gasteiger partial charge in [-0.2, -0.15) is 0 Å². The highest BCUT2D eigenvalue weighted by Crippen LogP contribution is 2.23. The standard InChI is InChI=1S/C17H25NOS/c1-3-11-18-16(17-6-4-5-12-19-17)13-20-15-9-7-14(2)8-10-15/h6-10,16,18H,3-5,11-13H2,1-2H3. The molecule has 3 heteroatoms. The maximum Gasteiger partial charge on any atom is 0.110 e. The molecule has 0 fully saturated rings. The summed E-state index contributed by atoms with van der Waals surface area (Å²) in [6.45, 7) is 6.24. The van der Waals surface area contributed by atoms with E-state index in [0.29, 0.717) is 6.04 Å². The molecule has 1 heterocycles. The molecule has 0 saturated heterocycles. The number of aryl methyl sites for hydroxylation is 1. The van der Waals surface area contributed by atoms with E-state index in [2.05, 4.69) is 49.5 Å². The zero-order valence-electron chi connectivity index (χ0n) is 12.5. The Labute approximate surface area is 127 Å². The maximum absolute atomic E-state index is 5.83. The first-order valence-electron chi connectivity index (χ1n) is 7.55. The van der Waals surface area contributed by atoms with Crippen LogP contribution in [0.4, 0.5) is 0 Å². The van der Waals surface area contributed by atoms with Gasteiger partial charge in [0.2, 0.25) is 0 Å². The van der Waals surface area contributed by atoms with Gasteiger partial charge in [0.15, 0.2) is 0 Å². The van der Waals surface area contributed by atoms with Crippen LogP contribution < -0.4 is 5.32 Å². The molecule has 1 aliphatic heterocycles. The highest BCUT2D eigenvalue weighted by atomic mass is 32.2. The minimum Gasteiger partial charge on any atom is -0.497 e. The molecule has 1 aliphatic rings. The molecule has 1 atom stereocenters. The Morgan fingerprint density at radius 2 is 2.10 bits per heavy atom. The fourth-order valence-electron chi connectivity index (χ4n) is 2.19. The van der Waals surface area contributed by atoms with Gasteiger partial charge in [-0.15, -0.1) is 11.8 Å². The molecular weight excluding hydrogens is 266 g/mol. The highest BCUT2D eigenvalue weighted by Gasteiger charge is 2.17.